The van der Waals surface area contributed by atoms with Crippen molar-refractivity contribution in [3.8, 4) is 0 Å². The number of hydrogen-bond donors (Lipinski definition) is 1. The number of hydrogen-bond acceptors (Lipinski definition) is 4. The van der Waals surface area contributed by atoms with Gasteiger partial charge in [0.05, 0.1) is 11.7 Å². The van der Waals surface area contributed by atoms with Crippen LogP contribution in [-0.4, -0.2) is 61.4 Å². The van der Waals surface area contributed by atoms with Crippen LogP contribution in [-0.2, 0) is 14.3 Å². The van der Waals surface area contributed by atoms with E-state index in [9.17, 15) is 4.79 Å². The number of rotatable bonds is 4. The van der Waals surface area contributed by atoms with Crippen molar-refractivity contribution in [3.05, 3.63) is 0 Å². The summed E-state index contributed by atoms with van der Waals surface area (Å²) in [6, 6.07) is 0.673. The summed E-state index contributed by atoms with van der Waals surface area (Å²) in [5, 5.41) is 3.26. The zero-order valence-corrected chi connectivity index (χ0v) is 14.5. The average molecular weight is 334 g/mol. The van der Waals surface area contributed by atoms with Gasteiger partial charge in [-0.25, -0.2) is 0 Å². The van der Waals surface area contributed by atoms with Crippen LogP contribution in [0.4, 0.5) is 0 Å². The SMILES string of the molecule is O=C(NC[C@H]1[C@H]2CN(C3CCOCC3)C[C@]23CC[C@H]1O3)C1CCC1. The van der Waals surface area contributed by atoms with Gasteiger partial charge in [-0.05, 0) is 38.5 Å². The second kappa shape index (κ2) is 5.96. The highest BCUT2D eigenvalue weighted by Crippen LogP contribution is 2.55. The van der Waals surface area contributed by atoms with Gasteiger partial charge in [0.1, 0.15) is 0 Å². The van der Waals surface area contributed by atoms with Crippen LogP contribution in [0, 0.1) is 17.8 Å². The maximum Gasteiger partial charge on any atom is 0.223 e. The summed E-state index contributed by atoms with van der Waals surface area (Å²) < 4.78 is 12.1. The third-order valence-electron chi connectivity index (χ3n) is 7.51. The Morgan fingerprint density at radius 1 is 1.17 bits per heavy atom. The lowest BCUT2D eigenvalue weighted by Gasteiger charge is -2.32. The Balaban J connectivity index is 1.24. The fourth-order valence-electron chi connectivity index (χ4n) is 5.86. The Labute approximate surface area is 144 Å². The van der Waals surface area contributed by atoms with E-state index < -0.39 is 0 Å². The van der Waals surface area contributed by atoms with E-state index in [1.807, 2.05) is 0 Å². The Hall–Kier alpha value is -0.650. The molecule has 0 radical (unpaired) electrons. The lowest BCUT2D eigenvalue weighted by atomic mass is 9.73. The van der Waals surface area contributed by atoms with Crippen LogP contribution >= 0.6 is 0 Å². The molecule has 0 aromatic carbocycles. The zero-order chi connectivity index (χ0) is 16.1. The summed E-state index contributed by atoms with van der Waals surface area (Å²) >= 11 is 0. The number of fused-ring (bicyclic) bond motifs is 1. The summed E-state index contributed by atoms with van der Waals surface area (Å²) in [7, 11) is 0. The molecular weight excluding hydrogens is 304 g/mol. The van der Waals surface area contributed by atoms with Gasteiger partial charge in [-0.2, -0.15) is 0 Å². The molecule has 134 valence electrons. The summed E-state index contributed by atoms with van der Waals surface area (Å²) in [5.41, 5.74) is 0.0921. The van der Waals surface area contributed by atoms with Gasteiger partial charge in [0, 0.05) is 56.6 Å². The first-order valence-electron chi connectivity index (χ1n) is 10.0. The van der Waals surface area contributed by atoms with Crippen molar-refractivity contribution in [2.24, 2.45) is 17.8 Å². The maximum absolute atomic E-state index is 12.2. The average Bonchev–Trinajstić information content (AvgIpc) is 3.20. The highest BCUT2D eigenvalue weighted by Gasteiger charge is 2.63. The predicted octanol–water partition coefficient (Wildman–Crippen LogP) is 1.56. The van der Waals surface area contributed by atoms with E-state index in [1.54, 1.807) is 0 Å². The lowest BCUT2D eigenvalue weighted by Crippen LogP contribution is -2.44. The third kappa shape index (κ3) is 2.43. The van der Waals surface area contributed by atoms with Gasteiger partial charge < -0.3 is 14.8 Å². The molecule has 4 saturated heterocycles. The minimum absolute atomic E-state index is 0.0921. The fraction of sp³-hybridized carbons (Fsp3) is 0.947. The van der Waals surface area contributed by atoms with Gasteiger partial charge >= 0.3 is 0 Å². The molecule has 2 bridgehead atoms. The van der Waals surface area contributed by atoms with E-state index in [4.69, 9.17) is 9.47 Å². The van der Waals surface area contributed by atoms with E-state index in [-0.39, 0.29) is 11.5 Å². The van der Waals surface area contributed by atoms with Gasteiger partial charge in [0.15, 0.2) is 0 Å². The van der Waals surface area contributed by atoms with E-state index in [0.717, 1.165) is 58.5 Å². The molecule has 24 heavy (non-hydrogen) atoms. The Kier molecular flexibility index (Phi) is 3.87. The smallest absolute Gasteiger partial charge is 0.223 e. The van der Waals surface area contributed by atoms with E-state index >= 15 is 0 Å². The Bertz CT molecular complexity index is 503. The minimum atomic E-state index is 0.0921. The van der Waals surface area contributed by atoms with Crippen molar-refractivity contribution in [3.63, 3.8) is 0 Å². The van der Waals surface area contributed by atoms with Gasteiger partial charge in [-0.3, -0.25) is 9.69 Å². The fourth-order valence-corrected chi connectivity index (χ4v) is 5.86. The number of carbonyl (C=O) groups excluding carboxylic acids is 1. The molecule has 5 rings (SSSR count). The Morgan fingerprint density at radius 3 is 2.75 bits per heavy atom. The molecule has 4 heterocycles. The van der Waals surface area contributed by atoms with Crippen molar-refractivity contribution < 1.29 is 14.3 Å². The van der Waals surface area contributed by atoms with Crippen LogP contribution in [0.15, 0.2) is 0 Å². The summed E-state index contributed by atoms with van der Waals surface area (Å²) in [5.74, 6) is 1.71. The maximum atomic E-state index is 12.2. The molecule has 5 heteroatoms. The molecule has 0 aromatic heterocycles. The van der Waals surface area contributed by atoms with Crippen molar-refractivity contribution in [1.82, 2.24) is 10.2 Å². The first kappa shape index (κ1) is 15.6. The Morgan fingerprint density at radius 2 is 2.00 bits per heavy atom. The second-order valence-electron chi connectivity index (χ2n) is 8.68. The van der Waals surface area contributed by atoms with Crippen LogP contribution < -0.4 is 5.32 Å². The first-order valence-corrected chi connectivity index (χ1v) is 10.0. The first-order chi connectivity index (χ1) is 11.8. The number of amides is 1. The largest absolute Gasteiger partial charge is 0.381 e. The number of likely N-dealkylation sites (tertiary alicyclic amines) is 1. The molecule has 5 aliphatic rings. The topological polar surface area (TPSA) is 50.8 Å². The van der Waals surface area contributed by atoms with Crippen LogP contribution in [0.1, 0.15) is 44.9 Å². The molecule has 4 atom stereocenters. The van der Waals surface area contributed by atoms with Crippen LogP contribution in [0.3, 0.4) is 0 Å². The summed E-state index contributed by atoms with van der Waals surface area (Å²) in [6.07, 6.45) is 8.50. The van der Waals surface area contributed by atoms with Gasteiger partial charge in [-0.15, -0.1) is 0 Å². The lowest BCUT2D eigenvalue weighted by molar-refractivity contribution is -0.127. The molecular formula is C19H30N2O3. The molecule has 1 N–H and O–H groups in total. The number of carbonyl (C=O) groups is 1. The van der Waals surface area contributed by atoms with Crippen LogP contribution in [0.5, 0.6) is 0 Å². The monoisotopic (exact) mass is 334 g/mol. The van der Waals surface area contributed by atoms with E-state index in [1.165, 1.54) is 19.3 Å². The standard InChI is InChI=1S/C19H30N2O3/c22-18(13-2-1-3-13)20-10-15-16-11-21(14-5-8-23-9-6-14)12-19(16)7-4-17(15)24-19/h13-17H,1-12H2,(H,20,22)/t15-,16+,17+,19+/m0/s1. The van der Waals surface area contributed by atoms with Crippen molar-refractivity contribution >= 4 is 5.91 Å². The van der Waals surface area contributed by atoms with Gasteiger partial charge in [0.2, 0.25) is 5.91 Å². The minimum Gasteiger partial charge on any atom is -0.381 e. The second-order valence-corrected chi connectivity index (χ2v) is 8.68. The molecule has 5 nitrogen and oxygen atoms in total. The summed E-state index contributed by atoms with van der Waals surface area (Å²) in [4.78, 5) is 14.9. The molecule has 1 amide bonds. The van der Waals surface area contributed by atoms with Gasteiger partial charge in [0.25, 0.3) is 0 Å². The third-order valence-corrected chi connectivity index (χ3v) is 7.51. The highest BCUT2D eigenvalue weighted by molar-refractivity contribution is 5.79. The van der Waals surface area contributed by atoms with E-state index in [0.29, 0.717) is 29.9 Å². The van der Waals surface area contributed by atoms with E-state index in [2.05, 4.69) is 10.2 Å². The molecule has 5 fully saturated rings. The van der Waals surface area contributed by atoms with Crippen LogP contribution in [0.25, 0.3) is 0 Å². The highest BCUT2D eigenvalue weighted by atomic mass is 16.5. The van der Waals surface area contributed by atoms with Crippen molar-refractivity contribution in [2.45, 2.75) is 62.7 Å². The summed E-state index contributed by atoms with van der Waals surface area (Å²) in [6.45, 7) is 4.90. The number of ether oxygens (including phenoxy) is 2. The normalized spacial score (nSPS) is 42.9. The molecule has 4 aliphatic heterocycles. The molecule has 1 aliphatic carbocycles. The molecule has 1 spiro atoms. The molecule has 1 saturated carbocycles. The predicted molar refractivity (Wildman–Crippen MR) is 89.6 cm³/mol. The number of nitrogens with zero attached hydrogens (tertiary/aromatic N) is 1. The molecule has 0 unspecified atom stereocenters. The van der Waals surface area contributed by atoms with Crippen molar-refractivity contribution in [1.29, 1.82) is 0 Å². The quantitative estimate of drug-likeness (QED) is 0.848. The van der Waals surface area contributed by atoms with Crippen LogP contribution in [0.2, 0.25) is 0 Å². The van der Waals surface area contributed by atoms with Crippen molar-refractivity contribution in [2.75, 3.05) is 32.8 Å². The zero-order valence-electron chi connectivity index (χ0n) is 14.5. The number of nitrogens with one attached hydrogen (secondary N) is 1. The molecule has 0 aromatic rings. The van der Waals surface area contributed by atoms with Gasteiger partial charge in [-0.1, -0.05) is 6.42 Å².